The molecule has 164 valence electrons. The normalized spacial score (nSPS) is 12.5. The standard InChI is InChI=1S/C24H30N4O2S/c1-7-30-20-13-11-19(12-14-20)28-21(18-10-8-9-16(2)15-18)26-27-23(28)31-17(3)22(29)25-24(4,5)6/h8-15,17H,7H2,1-6H3,(H,25,29). The average molecular weight is 439 g/mol. The molecule has 0 aliphatic rings. The minimum absolute atomic E-state index is 0.0316. The summed E-state index contributed by atoms with van der Waals surface area (Å²) in [6.07, 6.45) is 0. The lowest BCUT2D eigenvalue weighted by Crippen LogP contribution is -2.44. The molecule has 0 spiro atoms. The van der Waals surface area contributed by atoms with Gasteiger partial charge in [0.1, 0.15) is 5.75 Å². The maximum Gasteiger partial charge on any atom is 0.233 e. The van der Waals surface area contributed by atoms with Crippen LogP contribution in [0.3, 0.4) is 0 Å². The first kappa shape index (κ1) is 22.9. The van der Waals surface area contributed by atoms with Crippen molar-refractivity contribution in [2.45, 2.75) is 57.5 Å². The van der Waals surface area contributed by atoms with Gasteiger partial charge < -0.3 is 10.1 Å². The summed E-state index contributed by atoms with van der Waals surface area (Å²) in [7, 11) is 0. The van der Waals surface area contributed by atoms with E-state index in [1.165, 1.54) is 11.8 Å². The quantitative estimate of drug-likeness (QED) is 0.524. The van der Waals surface area contributed by atoms with E-state index in [-0.39, 0.29) is 16.7 Å². The molecule has 1 amide bonds. The van der Waals surface area contributed by atoms with Crippen molar-refractivity contribution in [3.8, 4) is 22.8 Å². The Morgan fingerprint density at radius 1 is 1.16 bits per heavy atom. The molecule has 0 bridgehead atoms. The fraction of sp³-hybridized carbons (Fsp3) is 0.375. The Labute approximate surface area is 188 Å². The fourth-order valence-corrected chi connectivity index (χ4v) is 3.96. The van der Waals surface area contributed by atoms with Gasteiger partial charge in [0.15, 0.2) is 11.0 Å². The molecule has 1 heterocycles. The third-order valence-electron chi connectivity index (χ3n) is 4.47. The Kier molecular flexibility index (Phi) is 7.05. The fourth-order valence-electron chi connectivity index (χ4n) is 3.09. The average Bonchev–Trinajstić information content (AvgIpc) is 3.11. The van der Waals surface area contributed by atoms with Crippen LogP contribution in [0.5, 0.6) is 5.75 Å². The second kappa shape index (κ2) is 9.56. The summed E-state index contributed by atoms with van der Waals surface area (Å²) in [4.78, 5) is 12.6. The van der Waals surface area contributed by atoms with Gasteiger partial charge in [0.2, 0.25) is 5.91 Å². The van der Waals surface area contributed by atoms with Crippen LogP contribution in [-0.4, -0.2) is 38.1 Å². The largest absolute Gasteiger partial charge is 0.494 e. The summed E-state index contributed by atoms with van der Waals surface area (Å²) in [6.45, 7) is 12.4. The maximum absolute atomic E-state index is 12.6. The predicted octanol–water partition coefficient (Wildman–Crippen LogP) is 5.04. The highest BCUT2D eigenvalue weighted by molar-refractivity contribution is 8.00. The number of thioether (sulfide) groups is 1. The number of hydrogen-bond acceptors (Lipinski definition) is 5. The van der Waals surface area contributed by atoms with E-state index in [0.717, 1.165) is 28.4 Å². The molecule has 0 saturated heterocycles. The van der Waals surface area contributed by atoms with Crippen molar-refractivity contribution in [2.24, 2.45) is 0 Å². The van der Waals surface area contributed by atoms with E-state index in [1.807, 2.05) is 75.6 Å². The van der Waals surface area contributed by atoms with E-state index >= 15 is 0 Å². The van der Waals surface area contributed by atoms with Gasteiger partial charge in [0.25, 0.3) is 0 Å². The molecular formula is C24H30N4O2S. The van der Waals surface area contributed by atoms with Crippen molar-refractivity contribution in [1.82, 2.24) is 20.1 Å². The van der Waals surface area contributed by atoms with E-state index in [2.05, 4.69) is 34.6 Å². The zero-order valence-electron chi connectivity index (χ0n) is 19.0. The molecule has 2 aromatic carbocycles. The van der Waals surface area contributed by atoms with Crippen LogP contribution in [0.15, 0.2) is 53.7 Å². The van der Waals surface area contributed by atoms with E-state index in [0.29, 0.717) is 11.8 Å². The summed E-state index contributed by atoms with van der Waals surface area (Å²) in [6, 6.07) is 16.0. The molecule has 0 aliphatic heterocycles. The first-order chi connectivity index (χ1) is 14.7. The van der Waals surface area contributed by atoms with Crippen LogP contribution in [0.2, 0.25) is 0 Å². The van der Waals surface area contributed by atoms with Crippen molar-refractivity contribution in [2.75, 3.05) is 6.61 Å². The molecule has 1 atom stereocenters. The number of nitrogens with one attached hydrogen (secondary N) is 1. The number of amides is 1. The van der Waals surface area contributed by atoms with Gasteiger partial charge in [-0.25, -0.2) is 0 Å². The van der Waals surface area contributed by atoms with Gasteiger partial charge in [-0.3, -0.25) is 9.36 Å². The summed E-state index contributed by atoms with van der Waals surface area (Å²) < 4.78 is 7.58. The van der Waals surface area contributed by atoms with E-state index in [4.69, 9.17) is 4.74 Å². The van der Waals surface area contributed by atoms with Gasteiger partial charge in [-0.1, -0.05) is 35.5 Å². The number of nitrogens with zero attached hydrogens (tertiary/aromatic N) is 3. The van der Waals surface area contributed by atoms with Crippen molar-refractivity contribution in [3.63, 3.8) is 0 Å². The number of aromatic nitrogens is 3. The molecule has 1 aromatic heterocycles. The number of benzene rings is 2. The molecular weight excluding hydrogens is 408 g/mol. The number of carbonyl (C=O) groups excluding carboxylic acids is 1. The highest BCUT2D eigenvalue weighted by Crippen LogP contribution is 2.31. The summed E-state index contributed by atoms with van der Waals surface area (Å²) >= 11 is 1.39. The smallest absolute Gasteiger partial charge is 0.233 e. The molecule has 0 saturated carbocycles. The second-order valence-electron chi connectivity index (χ2n) is 8.44. The van der Waals surface area contributed by atoms with Gasteiger partial charge in [-0.05, 0) is 71.9 Å². The lowest BCUT2D eigenvalue weighted by molar-refractivity contribution is -0.121. The molecule has 1 N–H and O–H groups in total. The lowest BCUT2D eigenvalue weighted by atomic mass is 10.1. The minimum atomic E-state index is -0.324. The van der Waals surface area contributed by atoms with Crippen molar-refractivity contribution in [3.05, 3.63) is 54.1 Å². The summed E-state index contributed by atoms with van der Waals surface area (Å²) in [5, 5.41) is 12.3. The van der Waals surface area contributed by atoms with Crippen LogP contribution in [0.1, 0.15) is 40.2 Å². The van der Waals surface area contributed by atoms with Gasteiger partial charge in [0.05, 0.1) is 11.9 Å². The van der Waals surface area contributed by atoms with Gasteiger partial charge in [0, 0.05) is 16.8 Å². The van der Waals surface area contributed by atoms with Gasteiger partial charge >= 0.3 is 0 Å². The van der Waals surface area contributed by atoms with Crippen molar-refractivity contribution >= 4 is 17.7 Å². The maximum atomic E-state index is 12.6. The van der Waals surface area contributed by atoms with Crippen molar-refractivity contribution < 1.29 is 9.53 Å². The number of aryl methyl sites for hydroxylation is 1. The summed E-state index contributed by atoms with van der Waals surface area (Å²) in [5.74, 6) is 1.51. The predicted molar refractivity (Wildman–Crippen MR) is 126 cm³/mol. The van der Waals surface area contributed by atoms with Crippen LogP contribution in [-0.2, 0) is 4.79 Å². The third-order valence-corrected chi connectivity index (χ3v) is 5.51. The number of rotatable bonds is 7. The monoisotopic (exact) mass is 438 g/mol. The van der Waals surface area contributed by atoms with Crippen molar-refractivity contribution in [1.29, 1.82) is 0 Å². The number of ether oxygens (including phenoxy) is 1. The first-order valence-electron chi connectivity index (χ1n) is 10.4. The molecule has 3 rings (SSSR count). The van der Waals surface area contributed by atoms with Crippen LogP contribution in [0.4, 0.5) is 0 Å². The minimum Gasteiger partial charge on any atom is -0.494 e. The number of hydrogen-bond donors (Lipinski definition) is 1. The topological polar surface area (TPSA) is 69.0 Å². The Morgan fingerprint density at radius 2 is 1.87 bits per heavy atom. The molecule has 6 nitrogen and oxygen atoms in total. The molecule has 0 aliphatic carbocycles. The SMILES string of the molecule is CCOc1ccc(-n2c(SC(C)C(=O)NC(C)(C)C)nnc2-c2cccc(C)c2)cc1. The second-order valence-corrected chi connectivity index (χ2v) is 9.75. The first-order valence-corrected chi connectivity index (χ1v) is 11.3. The van der Waals surface area contributed by atoms with Gasteiger partial charge in [-0.15, -0.1) is 10.2 Å². The zero-order valence-corrected chi connectivity index (χ0v) is 19.8. The Morgan fingerprint density at radius 3 is 2.48 bits per heavy atom. The van der Waals surface area contributed by atoms with E-state index in [9.17, 15) is 4.79 Å². The van der Waals surface area contributed by atoms with E-state index in [1.54, 1.807) is 0 Å². The molecule has 0 radical (unpaired) electrons. The Hall–Kier alpha value is -2.80. The summed E-state index contributed by atoms with van der Waals surface area (Å²) in [5.41, 5.74) is 2.74. The highest BCUT2D eigenvalue weighted by atomic mass is 32.2. The number of carbonyl (C=O) groups is 1. The van der Waals surface area contributed by atoms with E-state index < -0.39 is 0 Å². The lowest BCUT2D eigenvalue weighted by Gasteiger charge is -2.23. The molecule has 7 heteroatoms. The molecule has 1 unspecified atom stereocenters. The van der Waals surface area contributed by atoms with Crippen LogP contribution in [0.25, 0.3) is 17.1 Å². The highest BCUT2D eigenvalue weighted by Gasteiger charge is 2.24. The Bertz CT molecular complexity index is 1040. The zero-order chi connectivity index (χ0) is 22.6. The molecule has 31 heavy (non-hydrogen) atoms. The van der Waals surface area contributed by atoms with Crippen LogP contribution in [0, 0.1) is 6.92 Å². The third kappa shape index (κ3) is 5.88. The molecule has 3 aromatic rings. The van der Waals surface area contributed by atoms with Crippen LogP contribution >= 0.6 is 11.8 Å². The van der Waals surface area contributed by atoms with Crippen LogP contribution < -0.4 is 10.1 Å². The Balaban J connectivity index is 2.00. The molecule has 0 fully saturated rings. The van der Waals surface area contributed by atoms with Gasteiger partial charge in [-0.2, -0.15) is 0 Å².